The quantitative estimate of drug-likeness (QED) is 0.854. The molecule has 1 atom stereocenters. The second-order valence-corrected chi connectivity index (χ2v) is 5.59. The van der Waals surface area contributed by atoms with Crippen molar-refractivity contribution in [2.75, 3.05) is 31.1 Å². The minimum atomic E-state index is -0.658. The molecule has 1 fully saturated rings. The van der Waals surface area contributed by atoms with Crippen LogP contribution in [0, 0.1) is 5.82 Å². The highest BCUT2D eigenvalue weighted by Crippen LogP contribution is 2.16. The van der Waals surface area contributed by atoms with Crippen LogP contribution in [0.15, 0.2) is 42.9 Å². The molecule has 0 spiro atoms. The molecule has 7 heteroatoms. The minimum Gasteiger partial charge on any atom is -0.481 e. The summed E-state index contributed by atoms with van der Waals surface area (Å²) in [6.07, 6.45) is 4.35. The first kappa shape index (κ1) is 16.2. The highest BCUT2D eigenvalue weighted by Gasteiger charge is 2.26. The largest absolute Gasteiger partial charge is 0.481 e. The highest BCUT2D eigenvalue weighted by molar-refractivity contribution is 5.81. The molecule has 1 aromatic carbocycles. The Labute approximate surface area is 139 Å². The van der Waals surface area contributed by atoms with Crippen molar-refractivity contribution in [2.24, 2.45) is 0 Å². The first-order chi connectivity index (χ1) is 11.6. The topological polar surface area (TPSA) is 58.6 Å². The number of aromatic nitrogens is 2. The molecule has 1 saturated heterocycles. The molecule has 24 heavy (non-hydrogen) atoms. The smallest absolute Gasteiger partial charge is 0.263 e. The zero-order valence-corrected chi connectivity index (χ0v) is 13.4. The van der Waals surface area contributed by atoms with Gasteiger partial charge in [0.15, 0.2) is 6.10 Å². The Balaban J connectivity index is 1.55. The first-order valence-corrected chi connectivity index (χ1v) is 7.85. The van der Waals surface area contributed by atoms with Crippen LogP contribution in [0.25, 0.3) is 0 Å². The number of piperazine rings is 1. The molecule has 0 radical (unpaired) electrons. The molecule has 0 saturated carbocycles. The van der Waals surface area contributed by atoms with Crippen molar-refractivity contribution in [3.63, 3.8) is 0 Å². The van der Waals surface area contributed by atoms with E-state index < -0.39 is 6.10 Å². The van der Waals surface area contributed by atoms with Crippen LogP contribution in [0.2, 0.25) is 0 Å². The zero-order chi connectivity index (χ0) is 16.9. The van der Waals surface area contributed by atoms with Gasteiger partial charge in [0.1, 0.15) is 17.4 Å². The van der Waals surface area contributed by atoms with Crippen LogP contribution in [0.5, 0.6) is 5.75 Å². The Morgan fingerprint density at radius 1 is 1.25 bits per heavy atom. The lowest BCUT2D eigenvalue weighted by molar-refractivity contribution is -0.138. The van der Waals surface area contributed by atoms with Gasteiger partial charge in [-0.3, -0.25) is 9.78 Å². The first-order valence-electron chi connectivity index (χ1n) is 7.85. The molecule has 0 aliphatic carbocycles. The third kappa shape index (κ3) is 3.79. The maximum Gasteiger partial charge on any atom is 0.263 e. The van der Waals surface area contributed by atoms with Gasteiger partial charge in [0.05, 0.1) is 6.20 Å². The molecule has 0 bridgehead atoms. The monoisotopic (exact) mass is 330 g/mol. The second kappa shape index (κ2) is 7.25. The van der Waals surface area contributed by atoms with Gasteiger partial charge in [-0.2, -0.15) is 0 Å². The fourth-order valence-corrected chi connectivity index (χ4v) is 2.66. The molecule has 1 amide bonds. The predicted molar refractivity (Wildman–Crippen MR) is 87.3 cm³/mol. The van der Waals surface area contributed by atoms with Crippen molar-refractivity contribution in [1.29, 1.82) is 0 Å². The van der Waals surface area contributed by atoms with Crippen molar-refractivity contribution < 1.29 is 13.9 Å². The fourth-order valence-electron chi connectivity index (χ4n) is 2.66. The van der Waals surface area contributed by atoms with Gasteiger partial charge in [0, 0.05) is 44.6 Å². The van der Waals surface area contributed by atoms with E-state index in [1.807, 2.05) is 0 Å². The van der Waals surface area contributed by atoms with Gasteiger partial charge >= 0.3 is 0 Å². The van der Waals surface area contributed by atoms with Crippen LogP contribution in [-0.2, 0) is 4.79 Å². The normalized spacial score (nSPS) is 15.9. The average molecular weight is 330 g/mol. The Bertz CT molecular complexity index is 690. The summed E-state index contributed by atoms with van der Waals surface area (Å²) >= 11 is 0. The minimum absolute atomic E-state index is 0.0990. The third-order valence-corrected chi connectivity index (χ3v) is 3.92. The second-order valence-electron chi connectivity index (χ2n) is 5.59. The standard InChI is InChI=1S/C17H19FN4O2/c1-13(24-15-4-2-3-14(18)11-15)17(23)22-9-7-21(8-10-22)16-12-19-5-6-20-16/h2-6,11-13H,7-10H2,1H3/t13-/m1/s1. The summed E-state index contributed by atoms with van der Waals surface area (Å²) in [5, 5.41) is 0. The SMILES string of the molecule is C[C@@H](Oc1cccc(F)c1)C(=O)N1CCN(c2cnccn2)CC1. The zero-order valence-electron chi connectivity index (χ0n) is 13.4. The van der Waals surface area contributed by atoms with Gasteiger partial charge in [0.2, 0.25) is 0 Å². The summed E-state index contributed by atoms with van der Waals surface area (Å²) in [7, 11) is 0. The number of carbonyl (C=O) groups is 1. The van der Waals surface area contributed by atoms with Crippen molar-refractivity contribution in [3.8, 4) is 5.75 Å². The van der Waals surface area contributed by atoms with E-state index in [1.165, 1.54) is 12.1 Å². The Morgan fingerprint density at radius 2 is 2.04 bits per heavy atom. The molecule has 1 aliphatic rings. The van der Waals surface area contributed by atoms with E-state index in [2.05, 4.69) is 14.9 Å². The van der Waals surface area contributed by atoms with Crippen LogP contribution in [0.1, 0.15) is 6.92 Å². The van der Waals surface area contributed by atoms with Crippen molar-refractivity contribution >= 4 is 11.7 Å². The summed E-state index contributed by atoms with van der Waals surface area (Å²) < 4.78 is 18.7. The number of rotatable bonds is 4. The number of nitrogens with zero attached hydrogens (tertiary/aromatic N) is 4. The van der Waals surface area contributed by atoms with E-state index in [4.69, 9.17) is 4.74 Å². The number of halogens is 1. The van der Waals surface area contributed by atoms with E-state index in [9.17, 15) is 9.18 Å². The lowest BCUT2D eigenvalue weighted by atomic mass is 10.2. The number of ether oxygens (including phenoxy) is 1. The molecule has 1 aliphatic heterocycles. The molecule has 2 heterocycles. The van der Waals surface area contributed by atoms with Gasteiger partial charge in [-0.25, -0.2) is 9.37 Å². The lowest BCUT2D eigenvalue weighted by Crippen LogP contribution is -2.52. The van der Waals surface area contributed by atoms with E-state index in [-0.39, 0.29) is 11.7 Å². The number of carbonyl (C=O) groups excluding carboxylic acids is 1. The molecule has 126 valence electrons. The molecule has 1 aromatic heterocycles. The predicted octanol–water partition coefficient (Wildman–Crippen LogP) is 1.73. The van der Waals surface area contributed by atoms with Gasteiger partial charge in [-0.05, 0) is 19.1 Å². The van der Waals surface area contributed by atoms with Gasteiger partial charge in [0.25, 0.3) is 5.91 Å². The van der Waals surface area contributed by atoms with Crippen LogP contribution in [-0.4, -0.2) is 53.1 Å². The van der Waals surface area contributed by atoms with Crippen molar-refractivity contribution in [2.45, 2.75) is 13.0 Å². The number of hydrogen-bond donors (Lipinski definition) is 0. The molecule has 6 nitrogen and oxygen atoms in total. The molecular weight excluding hydrogens is 311 g/mol. The molecule has 2 aromatic rings. The number of hydrogen-bond acceptors (Lipinski definition) is 5. The van der Waals surface area contributed by atoms with E-state index >= 15 is 0 Å². The Hall–Kier alpha value is -2.70. The third-order valence-electron chi connectivity index (χ3n) is 3.92. The summed E-state index contributed by atoms with van der Waals surface area (Å²) in [6.45, 7) is 4.25. The molecule has 0 unspecified atom stereocenters. The summed E-state index contributed by atoms with van der Waals surface area (Å²) in [5.41, 5.74) is 0. The highest BCUT2D eigenvalue weighted by atomic mass is 19.1. The average Bonchev–Trinajstić information content (AvgIpc) is 2.62. The number of benzene rings is 1. The summed E-state index contributed by atoms with van der Waals surface area (Å²) in [4.78, 5) is 24.7. The van der Waals surface area contributed by atoms with E-state index in [0.717, 1.165) is 5.82 Å². The van der Waals surface area contributed by atoms with Crippen LogP contribution in [0.4, 0.5) is 10.2 Å². The number of amides is 1. The summed E-state index contributed by atoms with van der Waals surface area (Å²) in [6, 6.07) is 5.81. The van der Waals surface area contributed by atoms with E-state index in [1.54, 1.807) is 42.5 Å². The molecule has 0 N–H and O–H groups in total. The van der Waals surface area contributed by atoms with Gasteiger partial charge < -0.3 is 14.5 Å². The molecular formula is C17H19FN4O2. The molecule has 3 rings (SSSR count). The fraction of sp³-hybridized carbons (Fsp3) is 0.353. The Kier molecular flexibility index (Phi) is 4.88. The Morgan fingerprint density at radius 3 is 2.71 bits per heavy atom. The van der Waals surface area contributed by atoms with Crippen molar-refractivity contribution in [3.05, 3.63) is 48.7 Å². The van der Waals surface area contributed by atoms with Crippen molar-refractivity contribution in [1.82, 2.24) is 14.9 Å². The van der Waals surface area contributed by atoms with Crippen LogP contribution in [0.3, 0.4) is 0 Å². The van der Waals surface area contributed by atoms with E-state index in [0.29, 0.717) is 31.9 Å². The van der Waals surface area contributed by atoms with Crippen LogP contribution < -0.4 is 9.64 Å². The lowest BCUT2D eigenvalue weighted by Gasteiger charge is -2.36. The maximum absolute atomic E-state index is 13.2. The summed E-state index contributed by atoms with van der Waals surface area (Å²) in [5.74, 6) is 0.686. The maximum atomic E-state index is 13.2. The van der Waals surface area contributed by atoms with Gasteiger partial charge in [-0.15, -0.1) is 0 Å². The van der Waals surface area contributed by atoms with Gasteiger partial charge in [-0.1, -0.05) is 6.07 Å². The van der Waals surface area contributed by atoms with Crippen LogP contribution >= 0.6 is 0 Å². The number of anilines is 1.